The van der Waals surface area contributed by atoms with Gasteiger partial charge in [0.1, 0.15) is 35.3 Å². The SMILES string of the molecule is Fc1ccccc1-n1cnc2cnc3ccc(-c4cccc(CN5CCCC5)c4)cc3c21.Fc1ccccc1-n1cnc2cnc3ccc(-c4cccc(CN5CCCC5)c4)cc3c21. The third-order valence-corrected chi connectivity index (χ3v) is 12.7. The largest absolute Gasteiger partial charge is 0.299 e. The highest BCUT2D eigenvalue weighted by molar-refractivity contribution is 6.05. The molecule has 0 atom stereocenters. The topological polar surface area (TPSA) is 67.9 Å². The standard InChI is InChI=1S/2C27H23FN4/c2*28-23-8-1-2-9-26(23)32-18-30-25-16-29-24-11-10-21(15-22(24)27(25)32)20-7-5-6-19(14-20)17-31-12-3-4-13-31/h2*1-2,5-11,14-16,18H,3-4,12-13,17H2. The molecule has 0 bridgehead atoms. The van der Waals surface area contributed by atoms with Gasteiger partial charge in [0.2, 0.25) is 0 Å². The first-order valence-electron chi connectivity index (χ1n) is 22.2. The van der Waals surface area contributed by atoms with Crippen molar-refractivity contribution in [1.82, 2.24) is 38.9 Å². The molecule has 0 radical (unpaired) electrons. The summed E-state index contributed by atoms with van der Waals surface area (Å²) in [4.78, 5) is 23.2. The number of aromatic nitrogens is 6. The Bertz CT molecular complexity index is 3090. The number of pyridine rings is 2. The number of halogens is 2. The molecule has 2 aliphatic heterocycles. The van der Waals surface area contributed by atoms with Crippen molar-refractivity contribution in [2.75, 3.05) is 26.2 Å². The molecule has 0 unspecified atom stereocenters. The minimum absolute atomic E-state index is 0.275. The van der Waals surface area contributed by atoms with E-state index >= 15 is 0 Å². The number of nitrogens with zero attached hydrogens (tertiary/aromatic N) is 8. The summed E-state index contributed by atoms with van der Waals surface area (Å²) in [7, 11) is 0. The Balaban J connectivity index is 0.000000143. The molecule has 4 aromatic heterocycles. The number of likely N-dealkylation sites (tertiary alicyclic amines) is 2. The van der Waals surface area contributed by atoms with Gasteiger partial charge in [-0.25, -0.2) is 18.7 Å². The van der Waals surface area contributed by atoms with Gasteiger partial charge in [0.25, 0.3) is 0 Å². The van der Waals surface area contributed by atoms with E-state index in [-0.39, 0.29) is 11.6 Å². The molecule has 0 aliphatic carbocycles. The van der Waals surface area contributed by atoms with Crippen LogP contribution >= 0.6 is 0 Å². The second-order valence-corrected chi connectivity index (χ2v) is 16.9. The molecular weight excluding hydrogens is 799 g/mol. The molecule has 10 heteroatoms. The maximum Gasteiger partial charge on any atom is 0.147 e. The fourth-order valence-corrected chi connectivity index (χ4v) is 9.50. The highest BCUT2D eigenvalue weighted by Crippen LogP contribution is 2.33. The zero-order valence-electron chi connectivity index (χ0n) is 35.4. The van der Waals surface area contributed by atoms with Gasteiger partial charge in [-0.2, -0.15) is 0 Å². The van der Waals surface area contributed by atoms with Gasteiger partial charge in [-0.3, -0.25) is 28.9 Å². The number of hydrogen-bond acceptors (Lipinski definition) is 6. The zero-order chi connectivity index (χ0) is 43.0. The highest BCUT2D eigenvalue weighted by atomic mass is 19.1. The summed E-state index contributed by atoms with van der Waals surface area (Å²) in [5, 5.41) is 1.93. The first-order valence-corrected chi connectivity index (χ1v) is 22.2. The predicted octanol–water partition coefficient (Wildman–Crippen LogP) is 12.0. The lowest BCUT2D eigenvalue weighted by atomic mass is 10.0. The maximum atomic E-state index is 14.6. The van der Waals surface area contributed by atoms with Crippen LogP contribution in [0.1, 0.15) is 36.8 Å². The van der Waals surface area contributed by atoms with Gasteiger partial charge >= 0.3 is 0 Å². The zero-order valence-corrected chi connectivity index (χ0v) is 35.4. The van der Waals surface area contributed by atoms with E-state index in [4.69, 9.17) is 0 Å². The van der Waals surface area contributed by atoms with Crippen LogP contribution in [0, 0.1) is 11.6 Å². The van der Waals surface area contributed by atoms with Gasteiger partial charge in [-0.15, -0.1) is 0 Å². The third kappa shape index (κ3) is 7.80. The van der Waals surface area contributed by atoms with Crippen LogP contribution in [-0.4, -0.2) is 65.0 Å². The van der Waals surface area contributed by atoms with Crippen molar-refractivity contribution in [3.8, 4) is 33.6 Å². The molecule has 12 rings (SSSR count). The fraction of sp³-hybridized carbons (Fsp3) is 0.185. The number of fused-ring (bicyclic) bond motifs is 6. The van der Waals surface area contributed by atoms with Gasteiger partial charge in [0.15, 0.2) is 0 Å². The van der Waals surface area contributed by atoms with Crippen LogP contribution in [0.4, 0.5) is 8.78 Å². The van der Waals surface area contributed by atoms with Gasteiger partial charge in [-0.05, 0) is 146 Å². The number of rotatable bonds is 8. The molecule has 316 valence electrons. The van der Waals surface area contributed by atoms with Crippen molar-refractivity contribution in [3.05, 3.63) is 181 Å². The molecule has 0 N–H and O–H groups in total. The monoisotopic (exact) mass is 844 g/mol. The summed E-state index contributed by atoms with van der Waals surface area (Å²) in [6.07, 6.45) is 12.0. The van der Waals surface area contributed by atoms with Crippen molar-refractivity contribution in [2.24, 2.45) is 0 Å². The second-order valence-electron chi connectivity index (χ2n) is 16.9. The van der Waals surface area contributed by atoms with Gasteiger partial charge in [-0.1, -0.05) is 72.8 Å². The molecule has 6 heterocycles. The first kappa shape index (κ1) is 39.7. The van der Waals surface area contributed by atoms with E-state index in [1.54, 1.807) is 49.3 Å². The maximum absolute atomic E-state index is 14.6. The van der Waals surface area contributed by atoms with E-state index in [1.165, 1.54) is 86.2 Å². The molecule has 0 spiro atoms. The average Bonchev–Trinajstić information content (AvgIpc) is 4.19. The van der Waals surface area contributed by atoms with Crippen molar-refractivity contribution >= 4 is 43.9 Å². The number of benzene rings is 6. The molecule has 0 saturated carbocycles. The van der Waals surface area contributed by atoms with E-state index < -0.39 is 0 Å². The van der Waals surface area contributed by atoms with Crippen LogP contribution in [0.5, 0.6) is 0 Å². The van der Waals surface area contributed by atoms with Crippen LogP contribution in [0.3, 0.4) is 0 Å². The van der Waals surface area contributed by atoms with Crippen molar-refractivity contribution < 1.29 is 8.78 Å². The minimum atomic E-state index is -0.275. The summed E-state index contributed by atoms with van der Waals surface area (Å²) >= 11 is 0. The summed E-state index contributed by atoms with van der Waals surface area (Å²) in [5.74, 6) is -0.551. The fourth-order valence-electron chi connectivity index (χ4n) is 9.50. The van der Waals surface area contributed by atoms with Crippen LogP contribution in [0.25, 0.3) is 77.5 Å². The summed E-state index contributed by atoms with van der Waals surface area (Å²) in [6, 6.07) is 43.7. The second kappa shape index (κ2) is 17.2. The lowest BCUT2D eigenvalue weighted by Gasteiger charge is -2.15. The normalized spacial score (nSPS) is 14.5. The smallest absolute Gasteiger partial charge is 0.147 e. The molecule has 2 aliphatic rings. The summed E-state index contributed by atoms with van der Waals surface area (Å²) in [5.41, 5.74) is 13.2. The van der Waals surface area contributed by atoms with Crippen LogP contribution in [-0.2, 0) is 13.1 Å². The summed E-state index contributed by atoms with van der Waals surface area (Å²) < 4.78 is 32.8. The minimum Gasteiger partial charge on any atom is -0.299 e. The van der Waals surface area contributed by atoms with E-state index in [9.17, 15) is 8.78 Å². The van der Waals surface area contributed by atoms with E-state index in [1.807, 2.05) is 33.4 Å². The van der Waals surface area contributed by atoms with Crippen molar-refractivity contribution in [1.29, 1.82) is 0 Å². The molecule has 0 amide bonds. The van der Waals surface area contributed by atoms with E-state index in [0.29, 0.717) is 11.4 Å². The summed E-state index contributed by atoms with van der Waals surface area (Å²) in [6.45, 7) is 6.72. The molecular formula is C54H46F2N8. The molecule has 2 fully saturated rings. The first-order chi connectivity index (χ1) is 31.5. The van der Waals surface area contributed by atoms with Gasteiger partial charge < -0.3 is 0 Å². The van der Waals surface area contributed by atoms with E-state index in [2.05, 4.69) is 103 Å². The quantitative estimate of drug-likeness (QED) is 0.152. The number of imidazole rings is 2. The molecule has 6 aromatic carbocycles. The molecule has 64 heavy (non-hydrogen) atoms. The Morgan fingerprint density at radius 2 is 0.828 bits per heavy atom. The Kier molecular flexibility index (Phi) is 10.7. The molecule has 8 nitrogen and oxygen atoms in total. The Labute approximate surface area is 370 Å². The van der Waals surface area contributed by atoms with Crippen LogP contribution in [0.2, 0.25) is 0 Å². The lowest BCUT2D eigenvalue weighted by molar-refractivity contribution is 0.331. The van der Waals surface area contributed by atoms with Gasteiger partial charge in [0, 0.05) is 23.9 Å². The number of para-hydroxylation sites is 2. The predicted molar refractivity (Wildman–Crippen MR) is 253 cm³/mol. The third-order valence-electron chi connectivity index (χ3n) is 12.7. The Morgan fingerprint density at radius 3 is 1.27 bits per heavy atom. The van der Waals surface area contributed by atoms with Crippen molar-refractivity contribution in [3.63, 3.8) is 0 Å². The lowest BCUT2D eigenvalue weighted by Crippen LogP contribution is -2.18. The average molecular weight is 845 g/mol. The van der Waals surface area contributed by atoms with Crippen LogP contribution < -0.4 is 0 Å². The molecule has 2 saturated heterocycles. The Morgan fingerprint density at radius 1 is 0.406 bits per heavy atom. The number of hydrogen-bond donors (Lipinski definition) is 0. The highest BCUT2D eigenvalue weighted by Gasteiger charge is 2.17. The van der Waals surface area contributed by atoms with Gasteiger partial charge in [0.05, 0.1) is 45.8 Å². The van der Waals surface area contributed by atoms with Crippen molar-refractivity contribution in [2.45, 2.75) is 38.8 Å². The van der Waals surface area contributed by atoms with Crippen LogP contribution in [0.15, 0.2) is 159 Å². The molecule has 10 aromatic rings. The Hall–Kier alpha value is -7.14. The van der Waals surface area contributed by atoms with E-state index in [0.717, 1.165) is 68.1 Å².